The van der Waals surface area contributed by atoms with Crippen LogP contribution in [-0.2, 0) is 20.9 Å². The lowest BCUT2D eigenvalue weighted by molar-refractivity contribution is -0.138. The number of carbonyl (C=O) groups is 3. The molecule has 2 amide bonds. The number of benzene rings is 2. The highest BCUT2D eigenvalue weighted by atomic mass is 32.2. The van der Waals surface area contributed by atoms with Crippen molar-refractivity contribution in [2.75, 3.05) is 51.8 Å². The molecule has 1 aliphatic heterocycles. The van der Waals surface area contributed by atoms with E-state index in [1.807, 2.05) is 45.8 Å². The third-order valence-corrected chi connectivity index (χ3v) is 6.44. The zero-order chi connectivity index (χ0) is 25.6. The fraction of sp³-hybridized carbons (Fsp3) is 0.500. The van der Waals surface area contributed by atoms with E-state index in [2.05, 4.69) is 42.0 Å². The topological polar surface area (TPSA) is 102 Å². The van der Waals surface area contributed by atoms with E-state index >= 15 is 0 Å². The lowest BCUT2D eigenvalue weighted by Crippen LogP contribution is -2.48. The Labute approximate surface area is 212 Å². The van der Waals surface area contributed by atoms with Gasteiger partial charge < -0.3 is 20.6 Å². The van der Waals surface area contributed by atoms with E-state index < -0.39 is 12.5 Å². The van der Waals surface area contributed by atoms with Crippen LogP contribution in [0.4, 0.5) is 0 Å². The van der Waals surface area contributed by atoms with Gasteiger partial charge in [-0.2, -0.15) is 11.8 Å². The summed E-state index contributed by atoms with van der Waals surface area (Å²) in [7, 11) is 1.75. The SMILES string of the molecule is CCSC.CNCC(=O)N1CCCC1CN(CC(=O)NCC(=O)O)Cc1cccc2ccccc12. The van der Waals surface area contributed by atoms with Crippen molar-refractivity contribution in [1.82, 2.24) is 20.4 Å². The molecule has 0 spiro atoms. The number of likely N-dealkylation sites (tertiary alicyclic amines) is 1. The van der Waals surface area contributed by atoms with Gasteiger partial charge in [0.15, 0.2) is 0 Å². The van der Waals surface area contributed by atoms with Gasteiger partial charge in [-0.3, -0.25) is 19.3 Å². The molecule has 0 bridgehead atoms. The van der Waals surface area contributed by atoms with Crippen LogP contribution in [0.15, 0.2) is 42.5 Å². The molecule has 3 N–H and O–H groups in total. The second kappa shape index (κ2) is 15.4. The molecule has 0 radical (unpaired) electrons. The van der Waals surface area contributed by atoms with Gasteiger partial charge in [0.2, 0.25) is 11.8 Å². The molecule has 2 aromatic carbocycles. The molecule has 1 aliphatic rings. The minimum absolute atomic E-state index is 0.0306. The van der Waals surface area contributed by atoms with Gasteiger partial charge in [0.1, 0.15) is 6.54 Å². The minimum Gasteiger partial charge on any atom is -0.480 e. The Morgan fingerprint density at radius 3 is 2.54 bits per heavy atom. The van der Waals surface area contributed by atoms with Gasteiger partial charge in [-0.1, -0.05) is 49.4 Å². The first-order valence-corrected chi connectivity index (χ1v) is 13.4. The third-order valence-electron chi connectivity index (χ3n) is 5.86. The standard InChI is InChI=1S/C23H30N4O4.C3H8S/c1-24-12-22(29)27-11-5-9-19(27)15-26(16-21(28)25-13-23(30)31)14-18-8-4-7-17-6-2-3-10-20(17)18;1-3-4-2/h2-4,6-8,10,19,24H,5,9,11-16H2,1H3,(H,25,28)(H,30,31);3H2,1-2H3. The number of nitrogens with one attached hydrogen (secondary N) is 2. The number of fused-ring (bicyclic) bond motifs is 1. The normalized spacial score (nSPS) is 15.1. The first-order chi connectivity index (χ1) is 16.9. The Bertz CT molecular complexity index is 964. The summed E-state index contributed by atoms with van der Waals surface area (Å²) in [6, 6.07) is 14.2. The quantitative estimate of drug-likeness (QED) is 0.434. The maximum atomic E-state index is 12.5. The number of hydrogen-bond donors (Lipinski definition) is 3. The Hall–Kier alpha value is -2.62. The van der Waals surface area contributed by atoms with Crippen LogP contribution in [0.5, 0.6) is 0 Å². The molecular weight excluding hydrogens is 464 g/mol. The summed E-state index contributed by atoms with van der Waals surface area (Å²) in [6.45, 7) is 3.91. The molecule has 1 saturated heterocycles. The van der Waals surface area contributed by atoms with Crippen molar-refractivity contribution < 1.29 is 19.5 Å². The van der Waals surface area contributed by atoms with Crippen molar-refractivity contribution in [1.29, 1.82) is 0 Å². The van der Waals surface area contributed by atoms with E-state index in [0.29, 0.717) is 19.6 Å². The maximum Gasteiger partial charge on any atom is 0.322 e. The lowest BCUT2D eigenvalue weighted by atomic mass is 10.0. The number of carboxylic acid groups (broad SMARTS) is 1. The van der Waals surface area contributed by atoms with Crippen molar-refractivity contribution in [2.45, 2.75) is 32.4 Å². The van der Waals surface area contributed by atoms with Crippen LogP contribution in [0.1, 0.15) is 25.3 Å². The predicted octanol–water partition coefficient (Wildman–Crippen LogP) is 2.42. The summed E-state index contributed by atoms with van der Waals surface area (Å²) >= 11 is 1.86. The molecular formula is C26H38N4O4S. The number of likely N-dealkylation sites (N-methyl/N-ethyl adjacent to an activating group) is 1. The summed E-state index contributed by atoms with van der Waals surface area (Å²) in [6.07, 6.45) is 3.92. The number of aliphatic carboxylic acids is 1. The second-order valence-electron chi connectivity index (χ2n) is 8.47. The molecule has 0 aliphatic carbocycles. The van der Waals surface area contributed by atoms with Crippen molar-refractivity contribution >= 4 is 40.3 Å². The number of carbonyl (C=O) groups excluding carboxylic acids is 2. The molecule has 8 nitrogen and oxygen atoms in total. The highest BCUT2D eigenvalue weighted by Gasteiger charge is 2.30. The van der Waals surface area contributed by atoms with E-state index in [4.69, 9.17) is 5.11 Å². The molecule has 192 valence electrons. The first kappa shape index (κ1) is 28.6. The number of thioether (sulfide) groups is 1. The van der Waals surface area contributed by atoms with Crippen LogP contribution in [0.3, 0.4) is 0 Å². The average Bonchev–Trinajstić information content (AvgIpc) is 3.31. The summed E-state index contributed by atoms with van der Waals surface area (Å²) in [5.41, 5.74) is 1.09. The molecule has 1 unspecified atom stereocenters. The van der Waals surface area contributed by atoms with E-state index in [0.717, 1.165) is 35.7 Å². The monoisotopic (exact) mass is 502 g/mol. The molecule has 1 fully saturated rings. The molecule has 1 atom stereocenters. The van der Waals surface area contributed by atoms with Crippen LogP contribution >= 0.6 is 11.8 Å². The van der Waals surface area contributed by atoms with Gasteiger partial charge in [-0.15, -0.1) is 0 Å². The Kier molecular flexibility index (Phi) is 12.6. The zero-order valence-electron chi connectivity index (χ0n) is 21.0. The fourth-order valence-corrected chi connectivity index (χ4v) is 4.19. The second-order valence-corrected chi connectivity index (χ2v) is 9.62. The van der Waals surface area contributed by atoms with Crippen LogP contribution in [0.25, 0.3) is 10.8 Å². The van der Waals surface area contributed by atoms with Crippen molar-refractivity contribution in [3.8, 4) is 0 Å². The van der Waals surface area contributed by atoms with Crippen LogP contribution < -0.4 is 10.6 Å². The number of rotatable bonds is 11. The van der Waals surface area contributed by atoms with E-state index in [1.54, 1.807) is 7.05 Å². The zero-order valence-corrected chi connectivity index (χ0v) is 21.8. The first-order valence-electron chi connectivity index (χ1n) is 12.0. The number of nitrogens with zero attached hydrogens (tertiary/aromatic N) is 2. The lowest BCUT2D eigenvalue weighted by Gasteiger charge is -2.31. The summed E-state index contributed by atoms with van der Waals surface area (Å²) in [4.78, 5) is 39.6. The van der Waals surface area contributed by atoms with E-state index in [1.165, 1.54) is 5.75 Å². The van der Waals surface area contributed by atoms with Gasteiger partial charge in [0, 0.05) is 25.7 Å². The van der Waals surface area contributed by atoms with Crippen molar-refractivity contribution in [3.63, 3.8) is 0 Å². The summed E-state index contributed by atoms with van der Waals surface area (Å²) < 4.78 is 0. The molecule has 2 aromatic rings. The molecule has 0 aromatic heterocycles. The van der Waals surface area contributed by atoms with Gasteiger partial charge in [-0.05, 0) is 48.2 Å². The molecule has 35 heavy (non-hydrogen) atoms. The maximum absolute atomic E-state index is 12.5. The van der Waals surface area contributed by atoms with Gasteiger partial charge >= 0.3 is 5.97 Å². The summed E-state index contributed by atoms with van der Waals surface area (Å²) in [5.74, 6) is -0.118. The Morgan fingerprint density at radius 1 is 1.14 bits per heavy atom. The highest BCUT2D eigenvalue weighted by Crippen LogP contribution is 2.22. The van der Waals surface area contributed by atoms with Crippen molar-refractivity contribution in [2.24, 2.45) is 0 Å². The molecule has 3 rings (SSSR count). The van der Waals surface area contributed by atoms with E-state index in [9.17, 15) is 14.4 Å². The Balaban J connectivity index is 0.00000100. The van der Waals surface area contributed by atoms with Gasteiger partial charge in [-0.25, -0.2) is 0 Å². The van der Waals surface area contributed by atoms with Crippen LogP contribution in [0.2, 0.25) is 0 Å². The van der Waals surface area contributed by atoms with Crippen molar-refractivity contribution in [3.05, 3.63) is 48.0 Å². The van der Waals surface area contributed by atoms with Gasteiger partial charge in [0.05, 0.1) is 13.1 Å². The molecule has 9 heteroatoms. The fourth-order valence-electron chi connectivity index (χ4n) is 4.19. The molecule has 1 heterocycles. The summed E-state index contributed by atoms with van der Waals surface area (Å²) in [5, 5.41) is 16.5. The minimum atomic E-state index is -1.08. The number of amides is 2. The highest BCUT2D eigenvalue weighted by molar-refractivity contribution is 7.98. The predicted molar refractivity (Wildman–Crippen MR) is 143 cm³/mol. The van der Waals surface area contributed by atoms with E-state index in [-0.39, 0.29) is 24.4 Å². The number of carboxylic acids is 1. The average molecular weight is 503 g/mol. The Morgan fingerprint density at radius 2 is 1.86 bits per heavy atom. The smallest absolute Gasteiger partial charge is 0.322 e. The van der Waals surface area contributed by atoms with Crippen LogP contribution in [-0.4, -0.2) is 90.5 Å². The number of hydrogen-bond acceptors (Lipinski definition) is 6. The van der Waals surface area contributed by atoms with Gasteiger partial charge in [0.25, 0.3) is 0 Å². The van der Waals surface area contributed by atoms with Crippen LogP contribution in [0, 0.1) is 0 Å². The molecule has 0 saturated carbocycles. The third kappa shape index (κ3) is 9.51. The largest absolute Gasteiger partial charge is 0.480 e.